The van der Waals surface area contributed by atoms with E-state index in [0.717, 1.165) is 10.8 Å². The molecule has 6 heteroatoms. The molecule has 1 aromatic rings. The molecule has 3 nitrogen and oxygen atoms in total. The number of alkyl halides is 1. The average molecular weight is 336 g/mol. The van der Waals surface area contributed by atoms with Crippen molar-refractivity contribution in [3.63, 3.8) is 0 Å². The van der Waals surface area contributed by atoms with E-state index in [9.17, 15) is 4.79 Å². The van der Waals surface area contributed by atoms with Crippen molar-refractivity contribution in [2.75, 3.05) is 12.4 Å². The maximum absolute atomic E-state index is 11.4. The summed E-state index contributed by atoms with van der Waals surface area (Å²) in [7, 11) is 3.20. The third-order valence-electron chi connectivity index (χ3n) is 1.67. The van der Waals surface area contributed by atoms with Crippen molar-refractivity contribution in [2.24, 2.45) is 0 Å². The molecule has 0 saturated carbocycles. The monoisotopic (exact) mass is 335 g/mol. The van der Waals surface area contributed by atoms with Crippen LogP contribution in [0.4, 0.5) is 0 Å². The van der Waals surface area contributed by atoms with Crippen molar-refractivity contribution in [3.8, 4) is 0 Å². The van der Waals surface area contributed by atoms with E-state index in [1.54, 1.807) is 41.6 Å². The van der Waals surface area contributed by atoms with Crippen LogP contribution in [0.15, 0.2) is 29.4 Å². The second-order valence-electron chi connectivity index (χ2n) is 3.68. The van der Waals surface area contributed by atoms with Crippen LogP contribution >= 0.6 is 37.5 Å². The van der Waals surface area contributed by atoms with Crippen molar-refractivity contribution in [3.05, 3.63) is 24.4 Å². The summed E-state index contributed by atoms with van der Waals surface area (Å²) in [5, 5.41) is 0.963. The summed E-state index contributed by atoms with van der Waals surface area (Å²) >= 11 is 3.25. The lowest BCUT2D eigenvalue weighted by atomic mass is 10.2. The first-order valence-corrected chi connectivity index (χ1v) is 8.18. The number of carbonyl (C=O) groups is 1. The number of hydrogen-bond acceptors (Lipinski definition) is 5. The highest BCUT2D eigenvalue weighted by molar-refractivity contribution is 9.10. The number of rotatable bonds is 6. The molecule has 0 amide bonds. The van der Waals surface area contributed by atoms with Crippen molar-refractivity contribution >= 4 is 43.5 Å². The van der Waals surface area contributed by atoms with Crippen molar-refractivity contribution in [1.82, 2.24) is 4.98 Å². The maximum Gasteiger partial charge on any atom is 0.322 e. The van der Waals surface area contributed by atoms with Gasteiger partial charge < -0.3 is 4.74 Å². The SMILES string of the molecule is CC(C)(Br)C(=O)OCCSSc1ccccn1. The minimum Gasteiger partial charge on any atom is -0.464 e. The predicted octanol–water partition coefficient (Wildman–Crippen LogP) is 3.54. The number of hydrogen-bond donors (Lipinski definition) is 0. The average Bonchev–Trinajstić information content (AvgIpc) is 2.28. The highest BCUT2D eigenvalue weighted by Crippen LogP contribution is 2.28. The summed E-state index contributed by atoms with van der Waals surface area (Å²) in [6, 6.07) is 5.78. The highest BCUT2D eigenvalue weighted by atomic mass is 79.9. The number of halogens is 1. The number of pyridine rings is 1. The second kappa shape index (κ2) is 7.28. The first kappa shape index (κ1) is 14.9. The van der Waals surface area contributed by atoms with Gasteiger partial charge in [-0.05, 0) is 36.8 Å². The smallest absolute Gasteiger partial charge is 0.322 e. The van der Waals surface area contributed by atoms with Gasteiger partial charge in [-0.15, -0.1) is 0 Å². The molecular formula is C11H14BrNO2S2. The molecule has 0 spiro atoms. The van der Waals surface area contributed by atoms with Crippen molar-refractivity contribution in [2.45, 2.75) is 23.2 Å². The lowest BCUT2D eigenvalue weighted by Crippen LogP contribution is -2.27. The van der Waals surface area contributed by atoms with E-state index in [1.807, 2.05) is 18.2 Å². The zero-order valence-electron chi connectivity index (χ0n) is 9.68. The van der Waals surface area contributed by atoms with E-state index in [2.05, 4.69) is 20.9 Å². The van der Waals surface area contributed by atoms with Crippen LogP contribution in [0.5, 0.6) is 0 Å². The zero-order valence-corrected chi connectivity index (χ0v) is 12.9. The molecule has 0 N–H and O–H groups in total. The van der Waals surface area contributed by atoms with Gasteiger partial charge in [-0.2, -0.15) is 0 Å². The normalized spacial score (nSPS) is 11.2. The molecule has 17 heavy (non-hydrogen) atoms. The summed E-state index contributed by atoms with van der Waals surface area (Å²) < 4.78 is 4.50. The Morgan fingerprint density at radius 2 is 2.29 bits per heavy atom. The van der Waals surface area contributed by atoms with E-state index in [0.29, 0.717) is 6.61 Å². The number of carbonyl (C=O) groups excluding carboxylic acids is 1. The van der Waals surface area contributed by atoms with Crippen LogP contribution in [-0.2, 0) is 9.53 Å². The number of ether oxygens (including phenoxy) is 1. The minimum atomic E-state index is -0.605. The summed E-state index contributed by atoms with van der Waals surface area (Å²) in [5.41, 5.74) is 0. The van der Waals surface area contributed by atoms with Gasteiger partial charge >= 0.3 is 5.97 Å². The Hall–Kier alpha value is -0.200. The minimum absolute atomic E-state index is 0.235. The number of nitrogens with zero attached hydrogens (tertiary/aromatic N) is 1. The maximum atomic E-state index is 11.4. The van der Waals surface area contributed by atoms with Gasteiger partial charge in [0, 0.05) is 11.9 Å². The first-order valence-electron chi connectivity index (χ1n) is 5.07. The van der Waals surface area contributed by atoms with Gasteiger partial charge in [0.05, 0.1) is 0 Å². The molecule has 1 aromatic heterocycles. The quantitative estimate of drug-likeness (QED) is 0.344. The van der Waals surface area contributed by atoms with Gasteiger partial charge in [0.1, 0.15) is 16.0 Å². The van der Waals surface area contributed by atoms with Gasteiger partial charge in [-0.1, -0.05) is 32.8 Å². The Bertz CT molecular complexity index is 354. The van der Waals surface area contributed by atoms with Crippen molar-refractivity contribution < 1.29 is 9.53 Å². The summed E-state index contributed by atoms with van der Waals surface area (Å²) in [4.78, 5) is 15.6. The molecule has 0 fully saturated rings. The Kier molecular flexibility index (Phi) is 6.37. The standard InChI is InChI=1S/C11H14BrNO2S2/c1-11(2,12)10(14)15-7-8-16-17-9-5-3-4-6-13-9/h3-6H,7-8H2,1-2H3. The molecule has 0 unspecified atom stereocenters. The van der Waals surface area contributed by atoms with Crippen molar-refractivity contribution in [1.29, 1.82) is 0 Å². The molecular weight excluding hydrogens is 322 g/mol. The van der Waals surface area contributed by atoms with Crippen LogP contribution < -0.4 is 0 Å². The summed E-state index contributed by atoms with van der Waals surface area (Å²) in [5.74, 6) is 0.511. The second-order valence-corrected chi connectivity index (χ2v) is 8.10. The van der Waals surface area contributed by atoms with Gasteiger partial charge in [-0.3, -0.25) is 4.79 Å². The molecule has 0 radical (unpaired) electrons. The van der Waals surface area contributed by atoms with E-state index < -0.39 is 4.32 Å². The largest absolute Gasteiger partial charge is 0.464 e. The fourth-order valence-electron chi connectivity index (χ4n) is 0.838. The van der Waals surface area contributed by atoms with Gasteiger partial charge in [-0.25, -0.2) is 4.98 Å². The highest BCUT2D eigenvalue weighted by Gasteiger charge is 2.25. The van der Waals surface area contributed by atoms with Crippen LogP contribution in [0.3, 0.4) is 0 Å². The van der Waals surface area contributed by atoms with Gasteiger partial charge in [0.25, 0.3) is 0 Å². The van der Waals surface area contributed by atoms with Crippen LogP contribution in [0.2, 0.25) is 0 Å². The fraction of sp³-hybridized carbons (Fsp3) is 0.455. The Balaban J connectivity index is 2.12. The molecule has 0 aliphatic carbocycles. The lowest BCUT2D eigenvalue weighted by Gasteiger charge is -2.14. The molecule has 94 valence electrons. The number of aromatic nitrogens is 1. The fourth-order valence-corrected chi connectivity index (χ4v) is 2.66. The third kappa shape index (κ3) is 6.33. The Labute approximate surface area is 118 Å². The molecule has 0 aromatic carbocycles. The van der Waals surface area contributed by atoms with Crippen LogP contribution in [0.1, 0.15) is 13.8 Å². The molecule has 0 aliphatic rings. The Morgan fingerprint density at radius 1 is 1.53 bits per heavy atom. The molecule has 0 atom stereocenters. The van der Waals surface area contributed by atoms with E-state index in [4.69, 9.17) is 4.74 Å². The van der Waals surface area contributed by atoms with Gasteiger partial charge in [0.15, 0.2) is 0 Å². The third-order valence-corrected chi connectivity index (χ3v) is 4.22. The first-order chi connectivity index (χ1) is 8.00. The van der Waals surface area contributed by atoms with Crippen LogP contribution in [-0.4, -0.2) is 27.6 Å². The molecule has 1 heterocycles. The lowest BCUT2D eigenvalue weighted by molar-refractivity contribution is -0.144. The van der Waals surface area contributed by atoms with E-state index in [1.165, 1.54) is 0 Å². The topological polar surface area (TPSA) is 39.2 Å². The number of esters is 1. The Morgan fingerprint density at radius 3 is 2.88 bits per heavy atom. The van der Waals surface area contributed by atoms with Crippen LogP contribution in [0.25, 0.3) is 0 Å². The molecule has 0 bridgehead atoms. The predicted molar refractivity (Wildman–Crippen MR) is 76.5 cm³/mol. The summed E-state index contributed by atoms with van der Waals surface area (Å²) in [6.07, 6.45) is 1.76. The van der Waals surface area contributed by atoms with E-state index in [-0.39, 0.29) is 5.97 Å². The molecule has 1 rings (SSSR count). The molecule has 0 saturated heterocycles. The van der Waals surface area contributed by atoms with Gasteiger partial charge in [0.2, 0.25) is 0 Å². The summed E-state index contributed by atoms with van der Waals surface area (Å²) in [6.45, 7) is 3.95. The van der Waals surface area contributed by atoms with Crippen LogP contribution in [0, 0.1) is 0 Å². The van der Waals surface area contributed by atoms with E-state index >= 15 is 0 Å². The molecule has 0 aliphatic heterocycles. The zero-order chi connectivity index (χ0) is 12.7.